The van der Waals surface area contributed by atoms with Crippen LogP contribution in [0.15, 0.2) is 75.9 Å². The van der Waals surface area contributed by atoms with Crippen LogP contribution in [0.1, 0.15) is 15.9 Å². The Morgan fingerprint density at radius 1 is 0.962 bits per heavy atom. The molecule has 1 N–H and O–H groups in total. The van der Waals surface area contributed by atoms with Crippen molar-refractivity contribution in [2.75, 3.05) is 0 Å². The fourth-order valence-corrected chi connectivity index (χ4v) is 2.88. The van der Waals surface area contributed by atoms with Gasteiger partial charge in [-0.15, -0.1) is 0 Å². The average molecular weight is 346 g/mol. The first kappa shape index (κ1) is 15.9. The van der Waals surface area contributed by atoms with Gasteiger partial charge in [0.15, 0.2) is 0 Å². The fourth-order valence-electron chi connectivity index (χ4n) is 2.88. The lowest BCUT2D eigenvalue weighted by Crippen LogP contribution is -2.08. The van der Waals surface area contributed by atoms with Crippen LogP contribution in [0.3, 0.4) is 0 Å². The van der Waals surface area contributed by atoms with Crippen molar-refractivity contribution >= 4 is 27.7 Å². The number of hydrogen-bond donors (Lipinski definition) is 1. The minimum absolute atomic E-state index is 0.00837. The lowest BCUT2D eigenvalue weighted by Gasteiger charge is -2.08. The van der Waals surface area contributed by atoms with E-state index in [1.54, 1.807) is 18.2 Å². The van der Waals surface area contributed by atoms with Crippen LogP contribution in [0.5, 0.6) is 5.75 Å². The van der Waals surface area contributed by atoms with Crippen LogP contribution in [-0.4, -0.2) is 11.1 Å². The van der Waals surface area contributed by atoms with Crippen LogP contribution >= 0.6 is 0 Å². The zero-order valence-corrected chi connectivity index (χ0v) is 13.6. The van der Waals surface area contributed by atoms with Crippen LogP contribution in [-0.2, 0) is 11.3 Å². The molecule has 0 aliphatic heterocycles. The maximum Gasteiger partial charge on any atom is 0.338 e. The number of hydrogen-bond acceptors (Lipinski definition) is 5. The minimum Gasteiger partial charge on any atom is -0.508 e. The molecule has 0 fully saturated rings. The lowest BCUT2D eigenvalue weighted by molar-refractivity contribution is 0.0474. The van der Waals surface area contributed by atoms with E-state index in [4.69, 9.17) is 9.15 Å². The summed E-state index contributed by atoms with van der Waals surface area (Å²) in [6.07, 6.45) is 0. The number of carbonyl (C=O) groups is 1. The van der Waals surface area contributed by atoms with Crippen molar-refractivity contribution in [3.8, 4) is 5.75 Å². The van der Waals surface area contributed by atoms with E-state index in [-0.39, 0.29) is 17.9 Å². The number of rotatable bonds is 3. The largest absolute Gasteiger partial charge is 0.508 e. The first-order valence-corrected chi connectivity index (χ1v) is 8.02. The van der Waals surface area contributed by atoms with Crippen LogP contribution in [0.2, 0.25) is 0 Å². The SMILES string of the molecule is O=C(OCc1cc(=O)oc2cc(O)ccc12)c1ccc2ccccc2c1. The minimum atomic E-state index is -0.570. The molecule has 4 aromatic rings. The predicted molar refractivity (Wildman–Crippen MR) is 97.2 cm³/mol. The summed E-state index contributed by atoms with van der Waals surface area (Å²) in [6, 6.07) is 18.8. The molecule has 4 rings (SSSR count). The average Bonchev–Trinajstić information content (AvgIpc) is 2.65. The molecule has 128 valence electrons. The molecule has 0 radical (unpaired) electrons. The summed E-state index contributed by atoms with van der Waals surface area (Å²) in [4.78, 5) is 24.1. The Morgan fingerprint density at radius 2 is 1.77 bits per heavy atom. The number of ether oxygens (including phenoxy) is 1. The van der Waals surface area contributed by atoms with Gasteiger partial charge in [0.1, 0.15) is 17.9 Å². The summed E-state index contributed by atoms with van der Waals surface area (Å²) in [5, 5.41) is 12.1. The van der Waals surface area contributed by atoms with Crippen LogP contribution in [0, 0.1) is 0 Å². The van der Waals surface area contributed by atoms with E-state index in [2.05, 4.69) is 0 Å². The Kier molecular flexibility index (Phi) is 3.89. The molecular formula is C21H14O5. The summed E-state index contributed by atoms with van der Waals surface area (Å²) in [7, 11) is 0. The second-order valence-corrected chi connectivity index (χ2v) is 5.91. The number of benzene rings is 3. The number of fused-ring (bicyclic) bond motifs is 2. The molecule has 26 heavy (non-hydrogen) atoms. The van der Waals surface area contributed by atoms with Gasteiger partial charge in [-0.2, -0.15) is 0 Å². The van der Waals surface area contributed by atoms with E-state index in [1.807, 2.05) is 30.3 Å². The van der Waals surface area contributed by atoms with Gasteiger partial charge in [0.25, 0.3) is 0 Å². The summed E-state index contributed by atoms with van der Waals surface area (Å²) in [5.41, 5.74) is 0.633. The smallest absolute Gasteiger partial charge is 0.338 e. The van der Waals surface area contributed by atoms with Gasteiger partial charge < -0.3 is 14.3 Å². The van der Waals surface area contributed by atoms with Gasteiger partial charge in [0, 0.05) is 23.1 Å². The maximum absolute atomic E-state index is 12.4. The number of esters is 1. The Bertz CT molecular complexity index is 1190. The van der Waals surface area contributed by atoms with Gasteiger partial charge in [0.2, 0.25) is 0 Å². The maximum atomic E-state index is 12.4. The Labute approximate surface area is 148 Å². The van der Waals surface area contributed by atoms with Gasteiger partial charge in [0.05, 0.1) is 5.56 Å². The van der Waals surface area contributed by atoms with Crippen molar-refractivity contribution < 1.29 is 19.1 Å². The number of aromatic hydroxyl groups is 1. The molecule has 0 bridgehead atoms. The fraction of sp³-hybridized carbons (Fsp3) is 0.0476. The standard InChI is InChI=1S/C21H14O5/c22-17-7-8-18-16(10-20(23)26-19(18)11-17)12-25-21(24)15-6-5-13-3-1-2-4-14(13)9-15/h1-11,22H,12H2. The molecular weight excluding hydrogens is 332 g/mol. The zero-order chi connectivity index (χ0) is 18.1. The molecule has 0 spiro atoms. The van der Waals surface area contributed by atoms with E-state index in [0.29, 0.717) is 16.5 Å². The predicted octanol–water partition coefficient (Wildman–Crippen LogP) is 4.01. The molecule has 0 saturated carbocycles. The van der Waals surface area contributed by atoms with Gasteiger partial charge >= 0.3 is 11.6 Å². The van der Waals surface area contributed by atoms with Crippen molar-refractivity contribution in [1.29, 1.82) is 0 Å². The third kappa shape index (κ3) is 3.02. The van der Waals surface area contributed by atoms with E-state index >= 15 is 0 Å². The van der Waals surface area contributed by atoms with E-state index in [0.717, 1.165) is 10.8 Å². The van der Waals surface area contributed by atoms with Crippen molar-refractivity contribution in [2.24, 2.45) is 0 Å². The van der Waals surface area contributed by atoms with Gasteiger partial charge in [-0.3, -0.25) is 0 Å². The first-order valence-electron chi connectivity index (χ1n) is 8.02. The van der Waals surface area contributed by atoms with Crippen LogP contribution in [0.25, 0.3) is 21.7 Å². The molecule has 0 unspecified atom stereocenters. The molecule has 1 heterocycles. The van der Waals surface area contributed by atoms with E-state index in [9.17, 15) is 14.7 Å². The van der Waals surface area contributed by atoms with E-state index < -0.39 is 11.6 Å². The van der Waals surface area contributed by atoms with Crippen molar-refractivity contribution in [3.63, 3.8) is 0 Å². The Morgan fingerprint density at radius 3 is 2.62 bits per heavy atom. The Balaban J connectivity index is 1.61. The zero-order valence-electron chi connectivity index (χ0n) is 13.6. The quantitative estimate of drug-likeness (QED) is 0.448. The molecule has 3 aromatic carbocycles. The number of phenols is 1. The normalized spacial score (nSPS) is 10.9. The molecule has 0 atom stereocenters. The highest BCUT2D eigenvalue weighted by atomic mass is 16.5. The lowest BCUT2D eigenvalue weighted by atomic mass is 10.1. The monoisotopic (exact) mass is 346 g/mol. The molecule has 0 aliphatic rings. The highest BCUT2D eigenvalue weighted by Crippen LogP contribution is 2.23. The highest BCUT2D eigenvalue weighted by Gasteiger charge is 2.11. The third-order valence-corrected chi connectivity index (χ3v) is 4.16. The first-order chi connectivity index (χ1) is 12.6. The summed E-state index contributed by atoms with van der Waals surface area (Å²) in [6.45, 7) is -0.0709. The summed E-state index contributed by atoms with van der Waals surface area (Å²) < 4.78 is 10.4. The number of carbonyl (C=O) groups excluding carboxylic acids is 1. The topological polar surface area (TPSA) is 76.7 Å². The molecule has 0 aliphatic carbocycles. The third-order valence-electron chi connectivity index (χ3n) is 4.16. The van der Waals surface area contributed by atoms with Crippen LogP contribution < -0.4 is 5.63 Å². The number of phenolic OH excluding ortho intramolecular Hbond substituents is 1. The van der Waals surface area contributed by atoms with Gasteiger partial charge in [-0.05, 0) is 35.0 Å². The summed E-state index contributed by atoms with van der Waals surface area (Å²) in [5.74, 6) is -0.484. The molecule has 0 saturated heterocycles. The van der Waals surface area contributed by atoms with Crippen LogP contribution in [0.4, 0.5) is 0 Å². The molecule has 0 amide bonds. The molecule has 5 heteroatoms. The molecule has 5 nitrogen and oxygen atoms in total. The summed E-state index contributed by atoms with van der Waals surface area (Å²) >= 11 is 0. The van der Waals surface area contributed by atoms with Crippen molar-refractivity contribution in [2.45, 2.75) is 6.61 Å². The van der Waals surface area contributed by atoms with Crippen molar-refractivity contribution in [3.05, 3.63) is 88.3 Å². The van der Waals surface area contributed by atoms with E-state index in [1.165, 1.54) is 18.2 Å². The Hall–Kier alpha value is -3.60. The van der Waals surface area contributed by atoms with Gasteiger partial charge in [-0.1, -0.05) is 30.3 Å². The second kappa shape index (κ2) is 6.37. The van der Waals surface area contributed by atoms with Crippen molar-refractivity contribution in [1.82, 2.24) is 0 Å². The highest BCUT2D eigenvalue weighted by molar-refractivity contribution is 5.95. The van der Waals surface area contributed by atoms with Gasteiger partial charge in [-0.25, -0.2) is 9.59 Å². The second-order valence-electron chi connectivity index (χ2n) is 5.91. The molecule has 1 aromatic heterocycles.